The Morgan fingerprint density at radius 3 is 2.79 bits per heavy atom. The summed E-state index contributed by atoms with van der Waals surface area (Å²) in [5.74, 6) is -1.86. The van der Waals surface area contributed by atoms with Crippen LogP contribution in [0.5, 0.6) is 0 Å². The zero-order chi connectivity index (χ0) is 13.8. The lowest BCUT2D eigenvalue weighted by molar-refractivity contribution is -0.147. The number of hydrogen-bond acceptors (Lipinski definition) is 5. The smallest absolute Gasteiger partial charge is 0.323 e. The normalized spacial score (nSPS) is 20.8. The predicted molar refractivity (Wildman–Crippen MR) is 71.1 cm³/mol. The van der Waals surface area contributed by atoms with Crippen molar-refractivity contribution in [3.63, 3.8) is 0 Å². The largest absolute Gasteiger partial charge is 0.465 e. The van der Waals surface area contributed by atoms with Crippen molar-refractivity contribution in [1.82, 2.24) is 0 Å². The molecule has 0 bridgehead atoms. The Labute approximate surface area is 114 Å². The molecule has 1 aromatic carbocycles. The molecule has 0 aromatic heterocycles. The van der Waals surface area contributed by atoms with Gasteiger partial charge in [0.05, 0.1) is 23.1 Å². The Hall–Kier alpha value is -1.69. The number of rotatable bonds is 3. The third kappa shape index (κ3) is 3.20. The van der Waals surface area contributed by atoms with E-state index in [1.807, 2.05) is 0 Å². The van der Waals surface area contributed by atoms with Crippen LogP contribution in [0.1, 0.15) is 6.92 Å². The van der Waals surface area contributed by atoms with E-state index in [1.54, 1.807) is 6.92 Å². The van der Waals surface area contributed by atoms with Gasteiger partial charge in [0.25, 0.3) is 0 Å². The highest BCUT2D eigenvalue weighted by molar-refractivity contribution is 8.15. The van der Waals surface area contributed by atoms with Gasteiger partial charge in [0, 0.05) is 0 Å². The van der Waals surface area contributed by atoms with E-state index in [0.717, 1.165) is 0 Å². The summed E-state index contributed by atoms with van der Waals surface area (Å²) in [5.41, 5.74) is 0.507. The number of benzene rings is 1. The highest BCUT2D eigenvalue weighted by atomic mass is 32.2. The summed E-state index contributed by atoms with van der Waals surface area (Å²) in [6, 6.07) is 5.54. The number of carbonyl (C=O) groups excluding carboxylic acids is 2. The quantitative estimate of drug-likeness (QED) is 0.630. The molecule has 1 atom stereocenters. The molecule has 19 heavy (non-hydrogen) atoms. The first-order chi connectivity index (χ1) is 9.11. The molecule has 4 nitrogen and oxygen atoms in total. The fraction of sp³-hybridized carbons (Fsp3) is 0.308. The van der Waals surface area contributed by atoms with Crippen LogP contribution in [0.15, 0.2) is 29.3 Å². The predicted octanol–water partition coefficient (Wildman–Crippen LogP) is 2.35. The molecule has 1 heterocycles. The van der Waals surface area contributed by atoms with E-state index in [4.69, 9.17) is 4.74 Å². The first-order valence-corrected chi connectivity index (χ1v) is 6.76. The molecule has 0 aliphatic carbocycles. The first kappa shape index (κ1) is 13.7. The van der Waals surface area contributed by atoms with Gasteiger partial charge in [-0.05, 0) is 31.2 Å². The average molecular weight is 281 g/mol. The third-order valence-electron chi connectivity index (χ3n) is 2.52. The van der Waals surface area contributed by atoms with Crippen molar-refractivity contribution in [2.45, 2.75) is 6.92 Å². The molecule has 1 aromatic rings. The average Bonchev–Trinajstić information content (AvgIpc) is 2.74. The summed E-state index contributed by atoms with van der Waals surface area (Å²) in [7, 11) is 0. The minimum Gasteiger partial charge on any atom is -0.465 e. The molecule has 1 unspecified atom stereocenters. The number of carbonyl (C=O) groups is 2. The minimum atomic E-state index is -0.935. The minimum absolute atomic E-state index is 0.204. The maximum absolute atomic E-state index is 12.8. The number of ketones is 1. The molecule has 0 radical (unpaired) electrons. The van der Waals surface area contributed by atoms with E-state index in [1.165, 1.54) is 36.0 Å². The number of nitrogens with zero attached hydrogens (tertiary/aromatic N) is 1. The number of esters is 1. The van der Waals surface area contributed by atoms with Gasteiger partial charge >= 0.3 is 5.97 Å². The number of halogens is 1. The second-order valence-electron chi connectivity index (χ2n) is 3.87. The summed E-state index contributed by atoms with van der Waals surface area (Å²) in [6.07, 6.45) is 0. The van der Waals surface area contributed by atoms with Crippen molar-refractivity contribution in [3.8, 4) is 0 Å². The Kier molecular flexibility index (Phi) is 4.31. The molecule has 100 valence electrons. The summed E-state index contributed by atoms with van der Waals surface area (Å²) in [6.45, 7) is 1.90. The van der Waals surface area contributed by atoms with Crippen LogP contribution in [-0.4, -0.2) is 29.2 Å². The number of ether oxygens (including phenoxy) is 1. The molecule has 1 aliphatic rings. The highest BCUT2D eigenvalue weighted by Gasteiger charge is 2.39. The number of thioether (sulfide) groups is 1. The molecule has 6 heteroatoms. The van der Waals surface area contributed by atoms with Crippen molar-refractivity contribution in [1.29, 1.82) is 0 Å². The van der Waals surface area contributed by atoms with Gasteiger partial charge in [0.1, 0.15) is 5.82 Å². The van der Waals surface area contributed by atoms with Crippen LogP contribution in [0.25, 0.3) is 0 Å². The molecule has 0 N–H and O–H groups in total. The molecule has 1 fully saturated rings. The van der Waals surface area contributed by atoms with Gasteiger partial charge in [-0.2, -0.15) is 0 Å². The number of Topliss-reactive ketones (excluding diaryl/α,β-unsaturated/α-hetero) is 1. The van der Waals surface area contributed by atoms with Crippen molar-refractivity contribution >= 4 is 34.2 Å². The molecule has 2 rings (SSSR count). The lowest BCUT2D eigenvalue weighted by Crippen LogP contribution is -2.27. The number of hydrogen-bond donors (Lipinski definition) is 0. The standard InChI is InChI=1S/C13H12FNO3S/c1-2-18-13(17)11-10(16)7-19-12(11)15-9-5-3-8(14)4-6-9/h3-6,11H,2,7H2,1H3. The zero-order valence-electron chi connectivity index (χ0n) is 10.3. The van der Waals surface area contributed by atoms with Crippen LogP contribution < -0.4 is 0 Å². The molecule has 0 amide bonds. The molecule has 0 saturated carbocycles. The summed E-state index contributed by atoms with van der Waals surface area (Å²) < 4.78 is 17.7. The van der Waals surface area contributed by atoms with Gasteiger partial charge < -0.3 is 4.74 Å². The molecule has 1 aliphatic heterocycles. The van der Waals surface area contributed by atoms with Crippen molar-refractivity contribution in [3.05, 3.63) is 30.1 Å². The van der Waals surface area contributed by atoms with E-state index >= 15 is 0 Å². The lowest BCUT2D eigenvalue weighted by atomic mass is 10.1. The zero-order valence-corrected chi connectivity index (χ0v) is 11.1. The van der Waals surface area contributed by atoms with Crippen LogP contribution in [0.3, 0.4) is 0 Å². The topological polar surface area (TPSA) is 55.7 Å². The summed E-state index contributed by atoms with van der Waals surface area (Å²) >= 11 is 1.22. The van der Waals surface area contributed by atoms with Gasteiger partial charge in [0.2, 0.25) is 0 Å². The van der Waals surface area contributed by atoms with Crippen molar-refractivity contribution < 1.29 is 18.7 Å². The van der Waals surface area contributed by atoms with Crippen LogP contribution in [0, 0.1) is 11.7 Å². The van der Waals surface area contributed by atoms with Gasteiger partial charge in [-0.15, -0.1) is 11.8 Å². The van der Waals surface area contributed by atoms with Gasteiger partial charge in [-0.25, -0.2) is 9.38 Å². The molecule has 1 saturated heterocycles. The van der Waals surface area contributed by atoms with E-state index in [2.05, 4.69) is 4.99 Å². The summed E-state index contributed by atoms with van der Waals surface area (Å²) in [5, 5.41) is 0.412. The third-order valence-corrected chi connectivity index (χ3v) is 3.57. The maximum atomic E-state index is 12.8. The second kappa shape index (κ2) is 5.97. The van der Waals surface area contributed by atoms with Crippen LogP contribution in [-0.2, 0) is 14.3 Å². The highest BCUT2D eigenvalue weighted by Crippen LogP contribution is 2.28. The summed E-state index contributed by atoms with van der Waals surface area (Å²) in [4.78, 5) is 27.6. The van der Waals surface area contributed by atoms with E-state index in [-0.39, 0.29) is 24.0 Å². The lowest BCUT2D eigenvalue weighted by Gasteiger charge is -2.08. The van der Waals surface area contributed by atoms with Crippen LogP contribution >= 0.6 is 11.8 Å². The van der Waals surface area contributed by atoms with Crippen LogP contribution in [0.4, 0.5) is 10.1 Å². The monoisotopic (exact) mass is 281 g/mol. The van der Waals surface area contributed by atoms with Crippen molar-refractivity contribution in [2.24, 2.45) is 10.9 Å². The first-order valence-electron chi connectivity index (χ1n) is 5.78. The number of aliphatic imine (C=N–C) groups is 1. The Balaban J connectivity index is 2.24. The van der Waals surface area contributed by atoms with Gasteiger partial charge in [-0.1, -0.05) is 0 Å². The second-order valence-corrected chi connectivity index (χ2v) is 4.86. The van der Waals surface area contributed by atoms with Gasteiger partial charge in [-0.3, -0.25) is 9.59 Å². The van der Waals surface area contributed by atoms with Gasteiger partial charge in [0.15, 0.2) is 11.7 Å². The van der Waals surface area contributed by atoms with E-state index < -0.39 is 11.9 Å². The molecule has 0 spiro atoms. The SMILES string of the molecule is CCOC(=O)C1C(=O)CSC1=Nc1ccc(F)cc1. The molecular formula is C13H12FNO3S. The van der Waals surface area contributed by atoms with Crippen molar-refractivity contribution in [2.75, 3.05) is 12.4 Å². The Morgan fingerprint density at radius 2 is 2.16 bits per heavy atom. The maximum Gasteiger partial charge on any atom is 0.323 e. The van der Waals surface area contributed by atoms with Crippen LogP contribution in [0.2, 0.25) is 0 Å². The fourth-order valence-corrected chi connectivity index (χ4v) is 2.67. The Bertz CT molecular complexity index is 527. The van der Waals surface area contributed by atoms with E-state index in [0.29, 0.717) is 10.7 Å². The molecular weight excluding hydrogens is 269 g/mol. The Morgan fingerprint density at radius 1 is 1.47 bits per heavy atom. The fourth-order valence-electron chi connectivity index (χ4n) is 1.65. The van der Waals surface area contributed by atoms with E-state index in [9.17, 15) is 14.0 Å².